The summed E-state index contributed by atoms with van der Waals surface area (Å²) in [7, 11) is 5.12. The van der Waals surface area contributed by atoms with Crippen LogP contribution in [0.2, 0.25) is 0 Å². The van der Waals surface area contributed by atoms with Gasteiger partial charge in [-0.2, -0.15) is 0 Å². The van der Waals surface area contributed by atoms with Crippen molar-refractivity contribution < 1.29 is 19.3 Å². The van der Waals surface area contributed by atoms with Crippen molar-refractivity contribution in [1.29, 1.82) is 0 Å². The lowest BCUT2D eigenvalue weighted by Crippen LogP contribution is -2.40. The second kappa shape index (κ2) is 10.9. The third-order valence-corrected chi connectivity index (χ3v) is 4.15. The molecule has 152 valence electrons. The molecule has 28 heavy (non-hydrogen) atoms. The van der Waals surface area contributed by atoms with Crippen LogP contribution in [0.25, 0.3) is 0 Å². The quantitative estimate of drug-likeness (QED) is 0.509. The lowest BCUT2D eigenvalue weighted by Gasteiger charge is -2.22. The fraction of sp³-hybridized carbons (Fsp3) is 0.381. The molecule has 0 spiro atoms. The van der Waals surface area contributed by atoms with Gasteiger partial charge >= 0.3 is 0 Å². The maximum absolute atomic E-state index is 10.2. The van der Waals surface area contributed by atoms with Crippen LogP contribution in [0, 0.1) is 0 Å². The van der Waals surface area contributed by atoms with Crippen molar-refractivity contribution in [2.24, 2.45) is 4.99 Å². The highest BCUT2D eigenvalue weighted by Crippen LogP contribution is 2.29. The highest BCUT2D eigenvalue weighted by atomic mass is 16.5. The number of phenolic OH excluding ortho intramolecular Hbond substituents is 1. The zero-order valence-electron chi connectivity index (χ0n) is 16.9. The number of hydrogen-bond acceptors (Lipinski definition) is 5. The molecule has 2 rings (SSSR count). The average molecular weight is 387 g/mol. The van der Waals surface area contributed by atoms with Crippen LogP contribution < -0.4 is 19.5 Å². The number of nitrogens with zero attached hydrogens (tertiary/aromatic N) is 2. The smallest absolute Gasteiger partial charge is 0.194 e. The monoisotopic (exact) mass is 387 g/mol. The molecule has 2 aromatic carbocycles. The second-order valence-electron chi connectivity index (χ2n) is 6.08. The summed E-state index contributed by atoms with van der Waals surface area (Å²) in [5, 5.41) is 13.5. The van der Waals surface area contributed by atoms with Crippen LogP contribution in [-0.2, 0) is 6.54 Å². The molecule has 0 aromatic heterocycles. The first-order chi connectivity index (χ1) is 13.6. The van der Waals surface area contributed by atoms with E-state index in [9.17, 15) is 5.11 Å². The Morgan fingerprint density at radius 2 is 1.79 bits per heavy atom. The van der Waals surface area contributed by atoms with Gasteiger partial charge in [0.05, 0.1) is 27.3 Å². The van der Waals surface area contributed by atoms with Gasteiger partial charge in [-0.3, -0.25) is 0 Å². The molecular weight excluding hydrogens is 358 g/mol. The van der Waals surface area contributed by atoms with Crippen molar-refractivity contribution in [3.05, 3.63) is 48.0 Å². The minimum Gasteiger partial charge on any atom is -0.504 e. The first kappa shape index (κ1) is 21.2. The first-order valence-corrected chi connectivity index (χ1v) is 9.20. The van der Waals surface area contributed by atoms with Gasteiger partial charge in [0.2, 0.25) is 0 Å². The Balaban J connectivity index is 1.94. The molecule has 0 amide bonds. The summed E-state index contributed by atoms with van der Waals surface area (Å²) in [5.41, 5.74) is 0.706. The SMILES string of the molecule is CCNC(=NCc1cccc(OC)c1O)N(C)CCOc1ccc(OC)cc1. The van der Waals surface area contributed by atoms with Gasteiger partial charge in [-0.05, 0) is 37.3 Å². The van der Waals surface area contributed by atoms with Crippen LogP contribution in [0.1, 0.15) is 12.5 Å². The summed E-state index contributed by atoms with van der Waals surface area (Å²) in [6.07, 6.45) is 0. The first-order valence-electron chi connectivity index (χ1n) is 9.20. The number of nitrogens with one attached hydrogen (secondary N) is 1. The summed E-state index contributed by atoms with van der Waals surface area (Å²) < 4.78 is 16.1. The molecule has 0 saturated carbocycles. The topological polar surface area (TPSA) is 75.6 Å². The molecule has 0 aliphatic carbocycles. The van der Waals surface area contributed by atoms with Gasteiger partial charge in [-0.25, -0.2) is 4.99 Å². The summed E-state index contributed by atoms with van der Waals surface area (Å²) >= 11 is 0. The van der Waals surface area contributed by atoms with Gasteiger partial charge in [0.1, 0.15) is 18.1 Å². The van der Waals surface area contributed by atoms with E-state index in [2.05, 4.69) is 10.3 Å². The molecule has 0 fully saturated rings. The number of para-hydroxylation sites is 1. The van der Waals surface area contributed by atoms with Gasteiger partial charge < -0.3 is 29.5 Å². The Labute approximate surface area is 166 Å². The third kappa shape index (κ3) is 5.97. The maximum atomic E-state index is 10.2. The summed E-state index contributed by atoms with van der Waals surface area (Å²) in [4.78, 5) is 6.60. The summed E-state index contributed by atoms with van der Waals surface area (Å²) in [6, 6.07) is 12.9. The third-order valence-electron chi connectivity index (χ3n) is 4.15. The molecule has 0 atom stereocenters. The minimum atomic E-state index is 0.120. The Kier molecular flexibility index (Phi) is 8.27. The van der Waals surface area contributed by atoms with Crippen LogP contribution >= 0.6 is 0 Å². The molecule has 2 aromatic rings. The molecule has 0 unspecified atom stereocenters. The van der Waals surface area contributed by atoms with E-state index in [-0.39, 0.29) is 5.75 Å². The molecule has 7 nitrogen and oxygen atoms in total. The molecule has 0 saturated heterocycles. The van der Waals surface area contributed by atoms with Crippen molar-refractivity contribution in [3.8, 4) is 23.0 Å². The zero-order chi connectivity index (χ0) is 20.4. The Bertz CT molecular complexity index is 763. The van der Waals surface area contributed by atoms with E-state index in [1.54, 1.807) is 13.2 Å². The zero-order valence-corrected chi connectivity index (χ0v) is 16.9. The van der Waals surface area contributed by atoms with Crippen LogP contribution in [0.3, 0.4) is 0 Å². The van der Waals surface area contributed by atoms with Crippen molar-refractivity contribution in [2.75, 3.05) is 41.0 Å². The van der Waals surface area contributed by atoms with E-state index in [0.717, 1.165) is 24.0 Å². The molecule has 7 heteroatoms. The molecule has 2 N–H and O–H groups in total. The van der Waals surface area contributed by atoms with E-state index < -0.39 is 0 Å². The minimum absolute atomic E-state index is 0.120. The number of phenols is 1. The van der Waals surface area contributed by atoms with Crippen LogP contribution in [0.15, 0.2) is 47.5 Å². The number of aromatic hydroxyl groups is 1. The Hall–Kier alpha value is -3.09. The number of rotatable bonds is 9. The summed E-state index contributed by atoms with van der Waals surface area (Å²) in [5.74, 6) is 2.89. The molecule has 0 heterocycles. The fourth-order valence-electron chi connectivity index (χ4n) is 2.57. The standard InChI is InChI=1S/C21H29N3O4/c1-5-22-21(23-15-16-7-6-8-19(27-4)20(16)25)24(2)13-14-28-18-11-9-17(26-3)10-12-18/h6-12,25H,5,13-15H2,1-4H3,(H,22,23). The Morgan fingerprint density at radius 1 is 1.07 bits per heavy atom. The van der Waals surface area contributed by atoms with E-state index in [1.807, 2.05) is 55.3 Å². The van der Waals surface area contributed by atoms with Gasteiger partial charge in [-0.1, -0.05) is 12.1 Å². The number of ether oxygens (including phenoxy) is 3. The second-order valence-corrected chi connectivity index (χ2v) is 6.08. The van der Waals surface area contributed by atoms with E-state index in [1.165, 1.54) is 7.11 Å². The van der Waals surface area contributed by atoms with Gasteiger partial charge in [0, 0.05) is 19.2 Å². The number of hydrogen-bond donors (Lipinski definition) is 2. The molecule has 0 radical (unpaired) electrons. The van der Waals surface area contributed by atoms with E-state index >= 15 is 0 Å². The fourth-order valence-corrected chi connectivity index (χ4v) is 2.57. The molecule has 0 aliphatic rings. The van der Waals surface area contributed by atoms with Crippen molar-refractivity contribution in [3.63, 3.8) is 0 Å². The van der Waals surface area contributed by atoms with E-state index in [4.69, 9.17) is 14.2 Å². The van der Waals surface area contributed by atoms with Crippen molar-refractivity contribution in [1.82, 2.24) is 10.2 Å². The number of methoxy groups -OCH3 is 2. The van der Waals surface area contributed by atoms with Crippen LogP contribution in [0.5, 0.6) is 23.0 Å². The number of likely N-dealkylation sites (N-methyl/N-ethyl adjacent to an activating group) is 1. The van der Waals surface area contributed by atoms with Crippen molar-refractivity contribution in [2.45, 2.75) is 13.5 Å². The lowest BCUT2D eigenvalue weighted by atomic mass is 10.2. The largest absolute Gasteiger partial charge is 0.504 e. The van der Waals surface area contributed by atoms with Gasteiger partial charge in [0.15, 0.2) is 17.5 Å². The number of benzene rings is 2. The molecular formula is C21H29N3O4. The van der Waals surface area contributed by atoms with Gasteiger partial charge in [-0.15, -0.1) is 0 Å². The highest BCUT2D eigenvalue weighted by Gasteiger charge is 2.09. The average Bonchev–Trinajstić information content (AvgIpc) is 2.72. The predicted molar refractivity (Wildman–Crippen MR) is 111 cm³/mol. The highest BCUT2D eigenvalue weighted by molar-refractivity contribution is 5.79. The number of guanidine groups is 1. The maximum Gasteiger partial charge on any atom is 0.194 e. The molecule has 0 aliphatic heterocycles. The normalized spacial score (nSPS) is 11.1. The lowest BCUT2D eigenvalue weighted by molar-refractivity contribution is 0.281. The Morgan fingerprint density at radius 3 is 2.43 bits per heavy atom. The van der Waals surface area contributed by atoms with Crippen LogP contribution in [0.4, 0.5) is 0 Å². The summed E-state index contributed by atoms with van der Waals surface area (Å²) in [6.45, 7) is 4.27. The number of aliphatic imine (C=N–C) groups is 1. The predicted octanol–water partition coefficient (Wildman–Crippen LogP) is 2.89. The van der Waals surface area contributed by atoms with Crippen molar-refractivity contribution >= 4 is 5.96 Å². The molecule has 0 bridgehead atoms. The van der Waals surface area contributed by atoms with Crippen LogP contribution in [-0.4, -0.2) is 56.9 Å². The van der Waals surface area contributed by atoms with E-state index in [0.29, 0.717) is 31.0 Å². The van der Waals surface area contributed by atoms with Gasteiger partial charge in [0.25, 0.3) is 0 Å².